The molecule has 0 aliphatic heterocycles. The van der Waals surface area contributed by atoms with E-state index >= 15 is 0 Å². The fraction of sp³-hybridized carbons (Fsp3) is 0.103. The first-order valence-corrected chi connectivity index (χ1v) is 11.7. The molecule has 1 amide bonds. The zero-order valence-electron chi connectivity index (χ0n) is 19.2. The van der Waals surface area contributed by atoms with Crippen LogP contribution < -0.4 is 10.1 Å². The van der Waals surface area contributed by atoms with Crippen molar-refractivity contribution < 1.29 is 9.53 Å². The third-order valence-electron chi connectivity index (χ3n) is 5.79. The number of hydrogen-bond acceptors (Lipinski definition) is 3. The highest BCUT2D eigenvalue weighted by Gasteiger charge is 2.13. The number of benzene rings is 4. The number of carbonyl (C=O) groups is 1. The summed E-state index contributed by atoms with van der Waals surface area (Å²) in [7, 11) is 0. The second kappa shape index (κ2) is 10.7. The van der Waals surface area contributed by atoms with Crippen LogP contribution in [0.15, 0.2) is 78.4 Å². The van der Waals surface area contributed by atoms with Gasteiger partial charge in [-0.1, -0.05) is 71.7 Å². The van der Waals surface area contributed by atoms with Gasteiger partial charge in [-0.05, 0) is 71.7 Å². The Kier molecular flexibility index (Phi) is 7.41. The second-order valence-corrected chi connectivity index (χ2v) is 8.91. The molecule has 4 aromatic carbocycles. The van der Waals surface area contributed by atoms with Crippen LogP contribution in [0.3, 0.4) is 0 Å². The maximum absolute atomic E-state index is 12.7. The average molecular weight is 501 g/mol. The number of rotatable bonds is 6. The Morgan fingerprint density at radius 3 is 2.57 bits per heavy atom. The molecular formula is C29H22Cl2N2O2. The van der Waals surface area contributed by atoms with Crippen molar-refractivity contribution in [2.45, 2.75) is 20.5 Å². The Balaban J connectivity index is 1.51. The van der Waals surface area contributed by atoms with Gasteiger partial charge >= 0.3 is 0 Å². The second-order valence-electron chi connectivity index (χ2n) is 8.10. The van der Waals surface area contributed by atoms with Crippen molar-refractivity contribution in [3.63, 3.8) is 0 Å². The van der Waals surface area contributed by atoms with Crippen LogP contribution in [-0.4, -0.2) is 5.91 Å². The van der Waals surface area contributed by atoms with E-state index in [0.29, 0.717) is 33.7 Å². The Morgan fingerprint density at radius 2 is 1.80 bits per heavy atom. The summed E-state index contributed by atoms with van der Waals surface area (Å²) >= 11 is 12.6. The third-order valence-corrected chi connectivity index (χ3v) is 6.50. The van der Waals surface area contributed by atoms with Crippen LogP contribution in [0.1, 0.15) is 22.3 Å². The molecule has 0 spiro atoms. The minimum absolute atomic E-state index is 0.0551. The molecule has 0 aliphatic rings. The molecule has 0 heterocycles. The van der Waals surface area contributed by atoms with Gasteiger partial charge in [0.1, 0.15) is 24.0 Å². The van der Waals surface area contributed by atoms with Gasteiger partial charge in [0.2, 0.25) is 0 Å². The fourth-order valence-corrected chi connectivity index (χ4v) is 4.18. The topological polar surface area (TPSA) is 62.1 Å². The molecule has 0 fully saturated rings. The average Bonchev–Trinajstić information content (AvgIpc) is 2.85. The van der Waals surface area contributed by atoms with E-state index in [4.69, 9.17) is 27.9 Å². The summed E-state index contributed by atoms with van der Waals surface area (Å²) in [5.74, 6) is -0.00518. The lowest BCUT2D eigenvalue weighted by atomic mass is 10.0. The van der Waals surface area contributed by atoms with E-state index in [1.165, 1.54) is 6.08 Å². The number of nitrogens with one attached hydrogen (secondary N) is 1. The Hall–Kier alpha value is -3.78. The zero-order valence-corrected chi connectivity index (χ0v) is 20.7. The van der Waals surface area contributed by atoms with E-state index in [2.05, 4.69) is 36.5 Å². The highest BCUT2D eigenvalue weighted by atomic mass is 35.5. The Morgan fingerprint density at radius 1 is 1.00 bits per heavy atom. The molecule has 35 heavy (non-hydrogen) atoms. The van der Waals surface area contributed by atoms with Crippen LogP contribution in [-0.2, 0) is 11.4 Å². The number of hydrogen-bond donors (Lipinski definition) is 1. The summed E-state index contributed by atoms with van der Waals surface area (Å²) in [6.07, 6.45) is 1.49. The standard InChI is InChI=1S/C29H22Cl2N2O2/c1-18-10-12-21-6-3-4-7-23(21)24(18)17-35-28-13-11-20(15-26(28)31)14-22(16-32)29(34)33-27-9-5-8-25(30)19(27)2/h3-15H,17H2,1-2H3,(H,33,34)/b22-14+. The molecule has 4 rings (SSSR count). The van der Waals surface area contributed by atoms with Gasteiger partial charge in [0.05, 0.1) is 5.02 Å². The summed E-state index contributed by atoms with van der Waals surface area (Å²) in [4.78, 5) is 12.7. The van der Waals surface area contributed by atoms with Gasteiger partial charge in [-0.25, -0.2) is 0 Å². The summed E-state index contributed by atoms with van der Waals surface area (Å²) < 4.78 is 6.04. The maximum atomic E-state index is 12.7. The Bertz CT molecular complexity index is 1500. The molecule has 6 heteroatoms. The molecule has 4 nitrogen and oxygen atoms in total. The molecule has 0 saturated carbocycles. The maximum Gasteiger partial charge on any atom is 0.266 e. The largest absolute Gasteiger partial charge is 0.487 e. The summed E-state index contributed by atoms with van der Waals surface area (Å²) in [5.41, 5.74) is 4.07. The van der Waals surface area contributed by atoms with Crippen molar-refractivity contribution in [2.24, 2.45) is 0 Å². The predicted octanol–water partition coefficient (Wildman–Crippen LogP) is 7.89. The molecule has 174 valence electrons. The predicted molar refractivity (Wildman–Crippen MR) is 143 cm³/mol. The van der Waals surface area contributed by atoms with Crippen LogP contribution in [0.25, 0.3) is 16.8 Å². The van der Waals surface area contributed by atoms with Gasteiger partial charge in [-0.3, -0.25) is 4.79 Å². The SMILES string of the molecule is Cc1ccc2ccccc2c1COc1ccc(/C=C(\C#N)C(=O)Nc2cccc(Cl)c2C)cc1Cl. The van der Waals surface area contributed by atoms with Gasteiger partial charge in [0.25, 0.3) is 5.91 Å². The first-order valence-electron chi connectivity index (χ1n) is 10.9. The number of amides is 1. The van der Waals surface area contributed by atoms with E-state index in [9.17, 15) is 10.1 Å². The van der Waals surface area contributed by atoms with Crippen LogP contribution >= 0.6 is 23.2 Å². The van der Waals surface area contributed by atoms with E-state index in [-0.39, 0.29) is 5.57 Å². The van der Waals surface area contributed by atoms with Gasteiger partial charge < -0.3 is 10.1 Å². The van der Waals surface area contributed by atoms with Gasteiger partial charge in [-0.2, -0.15) is 5.26 Å². The minimum Gasteiger partial charge on any atom is -0.487 e. The lowest BCUT2D eigenvalue weighted by Crippen LogP contribution is -2.14. The van der Waals surface area contributed by atoms with Crippen molar-refractivity contribution in [2.75, 3.05) is 5.32 Å². The smallest absolute Gasteiger partial charge is 0.266 e. The molecule has 0 saturated heterocycles. The number of ether oxygens (including phenoxy) is 1. The molecule has 0 bridgehead atoms. The number of halogens is 2. The van der Waals surface area contributed by atoms with Crippen molar-refractivity contribution in [1.82, 2.24) is 0 Å². The zero-order chi connectivity index (χ0) is 24.9. The fourth-order valence-electron chi connectivity index (χ4n) is 3.76. The van der Waals surface area contributed by atoms with Crippen molar-refractivity contribution in [1.29, 1.82) is 5.26 Å². The van der Waals surface area contributed by atoms with E-state index in [0.717, 1.165) is 27.5 Å². The number of carbonyl (C=O) groups excluding carboxylic acids is 1. The summed E-state index contributed by atoms with van der Waals surface area (Å²) in [6.45, 7) is 4.22. The van der Waals surface area contributed by atoms with Gasteiger partial charge in [-0.15, -0.1) is 0 Å². The number of fused-ring (bicyclic) bond motifs is 1. The summed E-state index contributed by atoms with van der Waals surface area (Å²) in [6, 6.07) is 24.7. The number of nitriles is 1. The molecule has 0 atom stereocenters. The molecule has 1 N–H and O–H groups in total. The molecule has 0 aromatic heterocycles. The van der Waals surface area contributed by atoms with E-state index in [1.807, 2.05) is 18.2 Å². The molecule has 0 radical (unpaired) electrons. The van der Waals surface area contributed by atoms with Gasteiger partial charge in [0, 0.05) is 16.3 Å². The van der Waals surface area contributed by atoms with Crippen LogP contribution in [0.4, 0.5) is 5.69 Å². The van der Waals surface area contributed by atoms with Crippen LogP contribution in [0, 0.1) is 25.2 Å². The third kappa shape index (κ3) is 5.49. The lowest BCUT2D eigenvalue weighted by Gasteiger charge is -2.13. The lowest BCUT2D eigenvalue weighted by molar-refractivity contribution is -0.112. The van der Waals surface area contributed by atoms with Gasteiger partial charge in [0.15, 0.2) is 0 Å². The molecule has 4 aromatic rings. The normalized spacial score (nSPS) is 11.2. The number of anilines is 1. The van der Waals surface area contributed by atoms with Crippen molar-refractivity contribution >= 4 is 51.6 Å². The highest BCUT2D eigenvalue weighted by molar-refractivity contribution is 6.32. The van der Waals surface area contributed by atoms with Crippen LogP contribution in [0.5, 0.6) is 5.75 Å². The first-order chi connectivity index (χ1) is 16.9. The first kappa shape index (κ1) is 24.3. The number of nitrogens with zero attached hydrogens (tertiary/aromatic N) is 1. The quantitative estimate of drug-likeness (QED) is 0.216. The van der Waals surface area contributed by atoms with Crippen molar-refractivity contribution in [3.05, 3.63) is 111 Å². The molecule has 0 unspecified atom stereocenters. The molecule has 0 aliphatic carbocycles. The highest BCUT2D eigenvalue weighted by Crippen LogP contribution is 2.30. The van der Waals surface area contributed by atoms with Crippen molar-refractivity contribution in [3.8, 4) is 11.8 Å². The van der Waals surface area contributed by atoms with E-state index in [1.54, 1.807) is 43.3 Å². The molecular weight excluding hydrogens is 479 g/mol. The summed E-state index contributed by atoms with van der Waals surface area (Å²) in [5, 5.41) is 15.5. The van der Waals surface area contributed by atoms with Crippen LogP contribution in [0.2, 0.25) is 10.0 Å². The number of aryl methyl sites for hydroxylation is 1. The van der Waals surface area contributed by atoms with E-state index < -0.39 is 5.91 Å². The minimum atomic E-state index is -0.527. The Labute approximate surface area is 214 Å². The monoisotopic (exact) mass is 500 g/mol.